The fraction of sp³-hybridized carbons (Fsp3) is 0.450. The third-order valence-corrected chi connectivity index (χ3v) is 4.21. The largest absolute Gasteiger partial charge is 0.573 e. The predicted molar refractivity (Wildman–Crippen MR) is 106 cm³/mol. The van der Waals surface area contributed by atoms with Crippen molar-refractivity contribution in [2.75, 3.05) is 18.4 Å². The fourth-order valence-electron chi connectivity index (χ4n) is 2.92. The van der Waals surface area contributed by atoms with E-state index in [2.05, 4.69) is 20.0 Å². The summed E-state index contributed by atoms with van der Waals surface area (Å²) in [7, 11) is 0. The van der Waals surface area contributed by atoms with Crippen LogP contribution in [0.3, 0.4) is 0 Å². The lowest BCUT2D eigenvalue weighted by atomic mass is 10.1. The van der Waals surface area contributed by atoms with E-state index in [0.717, 1.165) is 0 Å². The lowest BCUT2D eigenvalue weighted by molar-refractivity contribution is -0.274. The summed E-state index contributed by atoms with van der Waals surface area (Å²) in [6.07, 6.45) is -3.45. The first-order valence-electron chi connectivity index (χ1n) is 9.91. The van der Waals surface area contributed by atoms with Gasteiger partial charge >= 0.3 is 12.5 Å². The molecule has 1 aliphatic rings. The highest BCUT2D eigenvalue weighted by molar-refractivity contribution is 5.59. The highest BCUT2D eigenvalue weighted by atomic mass is 19.4. The molecule has 174 valence electrons. The van der Waals surface area contributed by atoms with Gasteiger partial charge in [0.2, 0.25) is 5.88 Å². The molecular weight excluding hydrogens is 433 g/mol. The van der Waals surface area contributed by atoms with Gasteiger partial charge in [0.05, 0.1) is 6.10 Å². The second-order valence-corrected chi connectivity index (χ2v) is 7.20. The molecule has 9 nitrogen and oxygen atoms in total. The Morgan fingerprint density at radius 3 is 2.62 bits per heavy atom. The van der Waals surface area contributed by atoms with Crippen LogP contribution in [-0.2, 0) is 9.57 Å². The van der Waals surface area contributed by atoms with Crippen molar-refractivity contribution < 1.29 is 37.0 Å². The molecule has 2 heterocycles. The monoisotopic (exact) mass is 456 g/mol. The molecule has 32 heavy (non-hydrogen) atoms. The van der Waals surface area contributed by atoms with Crippen LogP contribution in [-0.4, -0.2) is 52.8 Å². The summed E-state index contributed by atoms with van der Waals surface area (Å²) in [6.45, 7) is 4.42. The smallest absolute Gasteiger partial charge is 0.474 e. The van der Waals surface area contributed by atoms with Gasteiger partial charge in [0.25, 0.3) is 0 Å². The van der Waals surface area contributed by atoms with Crippen molar-refractivity contribution in [1.29, 1.82) is 0 Å². The fourth-order valence-corrected chi connectivity index (χ4v) is 2.92. The van der Waals surface area contributed by atoms with Crippen molar-refractivity contribution in [2.24, 2.45) is 0 Å². The van der Waals surface area contributed by atoms with E-state index in [1.165, 1.54) is 29.6 Å². The normalized spacial score (nSPS) is 15.3. The number of hydrogen-bond acceptors (Lipinski definition) is 9. The van der Waals surface area contributed by atoms with Gasteiger partial charge in [0, 0.05) is 43.8 Å². The third kappa shape index (κ3) is 7.76. The van der Waals surface area contributed by atoms with Crippen LogP contribution in [0.5, 0.6) is 11.6 Å². The Kier molecular flexibility index (Phi) is 7.57. The zero-order valence-corrected chi connectivity index (χ0v) is 17.5. The summed E-state index contributed by atoms with van der Waals surface area (Å²) >= 11 is 0. The Morgan fingerprint density at radius 2 is 1.94 bits per heavy atom. The number of nitrogens with zero attached hydrogens (tertiary/aromatic N) is 3. The number of hydrogen-bond donors (Lipinski definition) is 1. The number of halogens is 3. The molecule has 0 saturated carbocycles. The van der Waals surface area contributed by atoms with E-state index in [1.54, 1.807) is 26.0 Å². The van der Waals surface area contributed by atoms with Crippen LogP contribution >= 0.6 is 0 Å². The third-order valence-electron chi connectivity index (χ3n) is 4.21. The number of aromatic nitrogens is 2. The highest BCUT2D eigenvalue weighted by Crippen LogP contribution is 2.27. The number of nitrogens with one attached hydrogen (secondary N) is 1. The van der Waals surface area contributed by atoms with Gasteiger partial charge in [0.15, 0.2) is 0 Å². The van der Waals surface area contributed by atoms with Crippen molar-refractivity contribution in [1.82, 2.24) is 15.0 Å². The molecule has 1 fully saturated rings. The number of hydroxylamine groups is 2. The lowest BCUT2D eigenvalue weighted by Crippen LogP contribution is -2.40. The molecule has 0 radical (unpaired) electrons. The van der Waals surface area contributed by atoms with Gasteiger partial charge in [-0.3, -0.25) is 0 Å². The quantitative estimate of drug-likeness (QED) is 0.607. The summed E-state index contributed by atoms with van der Waals surface area (Å²) in [4.78, 5) is 24.8. The summed E-state index contributed by atoms with van der Waals surface area (Å²) in [6, 6.07) is 6.95. The molecule has 1 aliphatic heterocycles. The Hall–Kier alpha value is -3.28. The Labute approximate surface area is 182 Å². The molecule has 1 N–H and O–H groups in total. The van der Waals surface area contributed by atoms with Crippen LogP contribution in [0.2, 0.25) is 0 Å². The molecule has 0 amide bonds. The van der Waals surface area contributed by atoms with E-state index >= 15 is 0 Å². The van der Waals surface area contributed by atoms with Crippen LogP contribution in [0.25, 0.3) is 0 Å². The van der Waals surface area contributed by atoms with E-state index in [-0.39, 0.29) is 18.0 Å². The second kappa shape index (κ2) is 10.4. The first-order chi connectivity index (χ1) is 15.2. The zero-order valence-electron chi connectivity index (χ0n) is 17.5. The minimum Gasteiger partial charge on any atom is -0.474 e. The van der Waals surface area contributed by atoms with E-state index in [0.29, 0.717) is 43.3 Å². The number of carbonyl (C=O) groups is 1. The molecule has 3 rings (SSSR count). The van der Waals surface area contributed by atoms with Gasteiger partial charge in [-0.25, -0.2) is 14.8 Å². The number of ether oxygens (including phenoxy) is 3. The maximum Gasteiger partial charge on any atom is 0.573 e. The molecule has 0 bridgehead atoms. The van der Waals surface area contributed by atoms with Crippen molar-refractivity contribution in [2.45, 2.75) is 45.3 Å². The van der Waals surface area contributed by atoms with E-state index in [4.69, 9.17) is 14.3 Å². The van der Waals surface area contributed by atoms with Gasteiger partial charge in [-0.15, -0.1) is 18.2 Å². The van der Waals surface area contributed by atoms with Gasteiger partial charge in [-0.1, -0.05) is 6.07 Å². The van der Waals surface area contributed by atoms with Crippen LogP contribution < -0.4 is 14.8 Å². The molecule has 0 aliphatic carbocycles. The minimum absolute atomic E-state index is 0.151. The van der Waals surface area contributed by atoms with E-state index in [9.17, 15) is 18.0 Å². The first-order valence-corrected chi connectivity index (χ1v) is 9.91. The lowest BCUT2D eigenvalue weighted by Gasteiger charge is -2.30. The Balaban J connectivity index is 1.52. The molecule has 0 unspecified atom stereocenters. The van der Waals surface area contributed by atoms with Crippen LogP contribution in [0.15, 0.2) is 36.7 Å². The number of rotatable bonds is 7. The summed E-state index contributed by atoms with van der Waals surface area (Å²) in [5.41, 5.74) is 0.357. The maximum atomic E-state index is 12.4. The molecule has 1 saturated heterocycles. The molecule has 2 aromatic rings. The number of alkyl halides is 3. The van der Waals surface area contributed by atoms with Crippen molar-refractivity contribution in [3.8, 4) is 11.6 Å². The average Bonchev–Trinajstić information content (AvgIpc) is 2.68. The molecule has 1 aromatic heterocycles. The summed E-state index contributed by atoms with van der Waals surface area (Å²) < 4.78 is 51.9. The van der Waals surface area contributed by atoms with E-state index < -0.39 is 12.5 Å². The topological polar surface area (TPSA) is 95.0 Å². The number of carbonyl (C=O) groups excluding carboxylic acids is 1. The van der Waals surface area contributed by atoms with Crippen molar-refractivity contribution in [3.63, 3.8) is 0 Å². The molecular formula is C20H23F3N4O5. The average molecular weight is 456 g/mol. The minimum atomic E-state index is -4.77. The molecule has 12 heteroatoms. The van der Waals surface area contributed by atoms with Gasteiger partial charge < -0.3 is 24.4 Å². The van der Waals surface area contributed by atoms with Crippen molar-refractivity contribution in [3.05, 3.63) is 36.7 Å². The summed E-state index contributed by atoms with van der Waals surface area (Å²) in [5.74, 6) is 0.305. The van der Waals surface area contributed by atoms with Crippen LogP contribution in [0, 0.1) is 0 Å². The maximum absolute atomic E-state index is 12.4. The molecule has 0 atom stereocenters. The standard InChI is InChI=1S/C20H23F3N4O5/c1-13(2)29-19(28)32-27-8-6-15(7-9-27)30-18-11-17(24-12-25-18)26-14-4-3-5-16(10-14)31-20(21,22)23/h3-5,10-13,15H,6-9H2,1-2H3,(H,24,25,26). The first kappa shape index (κ1) is 23.4. The zero-order chi connectivity index (χ0) is 23.1. The molecule has 1 aromatic carbocycles. The Morgan fingerprint density at radius 1 is 1.19 bits per heavy atom. The van der Waals surface area contributed by atoms with Crippen LogP contribution in [0.1, 0.15) is 26.7 Å². The predicted octanol–water partition coefficient (Wildman–Crippen LogP) is 4.44. The van der Waals surface area contributed by atoms with Crippen molar-refractivity contribution >= 4 is 17.7 Å². The number of piperidine rings is 1. The molecule has 0 spiro atoms. The van der Waals surface area contributed by atoms with E-state index in [1.807, 2.05) is 0 Å². The van der Waals surface area contributed by atoms with Crippen LogP contribution in [0.4, 0.5) is 29.5 Å². The van der Waals surface area contributed by atoms with Gasteiger partial charge in [0.1, 0.15) is 24.0 Å². The summed E-state index contributed by atoms with van der Waals surface area (Å²) in [5, 5.41) is 4.42. The second-order valence-electron chi connectivity index (χ2n) is 7.20. The SMILES string of the molecule is CC(C)OC(=O)ON1CCC(Oc2cc(Nc3cccc(OC(F)(F)F)c3)ncn2)CC1. The Bertz CT molecular complexity index is 905. The number of benzene rings is 1. The number of anilines is 2. The highest BCUT2D eigenvalue weighted by Gasteiger charge is 2.31. The van der Waals surface area contributed by atoms with Gasteiger partial charge in [-0.2, -0.15) is 0 Å². The van der Waals surface area contributed by atoms with Gasteiger partial charge in [-0.05, 0) is 26.0 Å².